The number of nitrogens with one attached hydrogen (secondary N) is 1. The van der Waals surface area contributed by atoms with E-state index in [9.17, 15) is 4.79 Å². The van der Waals surface area contributed by atoms with Crippen LogP contribution < -0.4 is 10.5 Å². The van der Waals surface area contributed by atoms with Gasteiger partial charge >= 0.3 is 0 Å². The molecular formula is C26H32N10O2. The van der Waals surface area contributed by atoms with E-state index in [0.717, 1.165) is 67.8 Å². The summed E-state index contributed by atoms with van der Waals surface area (Å²) in [4.78, 5) is 27.8. The number of fused-ring (bicyclic) bond motifs is 2. The Morgan fingerprint density at radius 2 is 2.05 bits per heavy atom. The van der Waals surface area contributed by atoms with Crippen LogP contribution in [0.1, 0.15) is 50.2 Å². The molecule has 1 saturated heterocycles. The quantitative estimate of drug-likeness (QED) is 0.270. The van der Waals surface area contributed by atoms with Gasteiger partial charge in [-0.15, -0.1) is 10.2 Å². The number of nitrogens with zero attached hydrogens (tertiary/aromatic N) is 9. The van der Waals surface area contributed by atoms with Crippen LogP contribution in [-0.4, -0.2) is 68.7 Å². The van der Waals surface area contributed by atoms with E-state index in [1.165, 1.54) is 0 Å². The first-order chi connectivity index (χ1) is 18.6. The van der Waals surface area contributed by atoms with Crippen LogP contribution in [0, 0.1) is 6.92 Å². The van der Waals surface area contributed by atoms with Crippen LogP contribution in [0.5, 0.6) is 0 Å². The third-order valence-corrected chi connectivity index (χ3v) is 7.26. The third-order valence-electron chi connectivity index (χ3n) is 7.26. The number of aryl methyl sites for hydroxylation is 3. The largest absolute Gasteiger partial charge is 0.396 e. The average Bonchev–Trinajstić information content (AvgIpc) is 3.63. The molecule has 2 N–H and O–H groups in total. The van der Waals surface area contributed by atoms with E-state index in [-0.39, 0.29) is 18.2 Å². The SMILES string of the molecule is CCCCCn1c2cc(-c3cnn(C4CN(c5nccc(CCCO)n5)C4)c3)[nH]c2c(=O)n2c(C)nnc12. The number of unbranched alkanes of at least 4 members (excludes halogenated alkanes) is 2. The van der Waals surface area contributed by atoms with E-state index >= 15 is 0 Å². The van der Waals surface area contributed by atoms with Gasteiger partial charge in [-0.1, -0.05) is 19.8 Å². The normalized spacial score (nSPS) is 14.1. The van der Waals surface area contributed by atoms with Crippen LogP contribution in [0.15, 0.2) is 35.5 Å². The zero-order chi connectivity index (χ0) is 26.2. The number of H-pyrrole nitrogens is 1. The minimum absolute atomic E-state index is 0.140. The van der Waals surface area contributed by atoms with Crippen LogP contribution in [0.25, 0.3) is 28.1 Å². The van der Waals surface area contributed by atoms with Gasteiger partial charge in [0.1, 0.15) is 11.3 Å². The topological polar surface area (TPSA) is 135 Å². The highest BCUT2D eigenvalue weighted by Crippen LogP contribution is 2.28. The predicted molar refractivity (Wildman–Crippen MR) is 143 cm³/mol. The van der Waals surface area contributed by atoms with Gasteiger partial charge in [0.25, 0.3) is 5.56 Å². The number of aromatic nitrogens is 9. The molecule has 0 atom stereocenters. The van der Waals surface area contributed by atoms with Gasteiger partial charge in [-0.25, -0.2) is 14.4 Å². The van der Waals surface area contributed by atoms with Crippen molar-refractivity contribution in [1.29, 1.82) is 0 Å². The molecule has 38 heavy (non-hydrogen) atoms. The lowest BCUT2D eigenvalue weighted by molar-refractivity contribution is 0.288. The molecule has 0 bridgehead atoms. The van der Waals surface area contributed by atoms with Crippen molar-refractivity contribution in [2.75, 3.05) is 24.6 Å². The summed E-state index contributed by atoms with van der Waals surface area (Å²) in [6.45, 7) is 6.43. The first kappa shape index (κ1) is 24.3. The van der Waals surface area contributed by atoms with Crippen molar-refractivity contribution in [3.05, 3.63) is 52.6 Å². The van der Waals surface area contributed by atoms with Gasteiger partial charge in [0, 0.05) is 49.9 Å². The summed E-state index contributed by atoms with van der Waals surface area (Å²) in [5, 5.41) is 22.2. The smallest absolute Gasteiger partial charge is 0.284 e. The van der Waals surface area contributed by atoms with Crippen molar-refractivity contribution in [1.82, 2.24) is 43.9 Å². The minimum Gasteiger partial charge on any atom is -0.396 e. The Kier molecular flexibility index (Phi) is 6.40. The monoisotopic (exact) mass is 516 g/mol. The van der Waals surface area contributed by atoms with Crippen molar-refractivity contribution in [2.24, 2.45) is 0 Å². The first-order valence-electron chi connectivity index (χ1n) is 13.3. The van der Waals surface area contributed by atoms with Crippen molar-refractivity contribution in [2.45, 2.75) is 58.5 Å². The lowest BCUT2D eigenvalue weighted by Gasteiger charge is -2.39. The summed E-state index contributed by atoms with van der Waals surface area (Å²) in [6, 6.07) is 4.13. The van der Waals surface area contributed by atoms with Crippen molar-refractivity contribution < 1.29 is 5.11 Å². The number of aliphatic hydroxyl groups is 1. The molecule has 1 fully saturated rings. The number of rotatable bonds is 10. The molecule has 6 rings (SSSR count). The van der Waals surface area contributed by atoms with E-state index in [1.54, 1.807) is 17.5 Å². The molecule has 12 nitrogen and oxygen atoms in total. The number of aliphatic hydroxyl groups excluding tert-OH is 1. The van der Waals surface area contributed by atoms with E-state index in [0.29, 0.717) is 29.5 Å². The zero-order valence-electron chi connectivity index (χ0n) is 21.7. The Labute approximate surface area is 219 Å². The number of hydrogen-bond acceptors (Lipinski definition) is 8. The average molecular weight is 517 g/mol. The van der Waals surface area contributed by atoms with Gasteiger partial charge in [0.15, 0.2) is 0 Å². The summed E-state index contributed by atoms with van der Waals surface area (Å²) in [6.07, 6.45) is 10.3. The summed E-state index contributed by atoms with van der Waals surface area (Å²) in [5.74, 6) is 1.87. The molecule has 0 spiro atoms. The molecule has 0 saturated carbocycles. The molecule has 1 aliphatic rings. The maximum absolute atomic E-state index is 13.3. The fraction of sp³-hybridized carbons (Fsp3) is 0.462. The molecule has 12 heteroatoms. The molecule has 1 aliphatic heterocycles. The van der Waals surface area contributed by atoms with Crippen LogP contribution >= 0.6 is 0 Å². The number of anilines is 1. The van der Waals surface area contributed by atoms with E-state index in [2.05, 4.69) is 46.6 Å². The van der Waals surface area contributed by atoms with Gasteiger partial charge in [0.2, 0.25) is 11.7 Å². The lowest BCUT2D eigenvalue weighted by atomic mass is 10.1. The highest BCUT2D eigenvalue weighted by molar-refractivity contribution is 5.83. The molecule has 0 radical (unpaired) electrons. The van der Waals surface area contributed by atoms with Gasteiger partial charge in [-0.3, -0.25) is 9.48 Å². The summed E-state index contributed by atoms with van der Waals surface area (Å²) in [5.41, 5.74) is 3.96. The van der Waals surface area contributed by atoms with Crippen molar-refractivity contribution in [3.63, 3.8) is 0 Å². The van der Waals surface area contributed by atoms with Crippen molar-refractivity contribution >= 4 is 22.8 Å². The highest BCUT2D eigenvalue weighted by atomic mass is 16.3. The van der Waals surface area contributed by atoms with Gasteiger partial charge in [-0.2, -0.15) is 5.10 Å². The van der Waals surface area contributed by atoms with E-state index in [4.69, 9.17) is 5.11 Å². The van der Waals surface area contributed by atoms with Gasteiger partial charge in [-0.05, 0) is 38.3 Å². The molecule has 5 aromatic heterocycles. The summed E-state index contributed by atoms with van der Waals surface area (Å²) >= 11 is 0. The van der Waals surface area contributed by atoms with Crippen LogP contribution in [0.2, 0.25) is 0 Å². The minimum atomic E-state index is -0.140. The third kappa shape index (κ3) is 4.24. The molecule has 5 aromatic rings. The second-order valence-corrected chi connectivity index (χ2v) is 9.93. The highest BCUT2D eigenvalue weighted by Gasteiger charge is 2.31. The Hall–Kier alpha value is -4.06. The molecule has 0 aromatic carbocycles. The molecule has 0 amide bonds. The first-order valence-corrected chi connectivity index (χ1v) is 13.3. The Morgan fingerprint density at radius 3 is 2.87 bits per heavy atom. The Bertz CT molecular complexity index is 1640. The molecule has 6 heterocycles. The second kappa shape index (κ2) is 10.0. The van der Waals surface area contributed by atoms with Crippen LogP contribution in [-0.2, 0) is 13.0 Å². The Balaban J connectivity index is 1.25. The van der Waals surface area contributed by atoms with E-state index in [1.807, 2.05) is 29.2 Å². The van der Waals surface area contributed by atoms with E-state index < -0.39 is 0 Å². The lowest BCUT2D eigenvalue weighted by Crippen LogP contribution is -2.48. The summed E-state index contributed by atoms with van der Waals surface area (Å²) in [7, 11) is 0. The number of aromatic amines is 1. The molecule has 198 valence electrons. The molecule has 0 unspecified atom stereocenters. The number of hydrogen-bond donors (Lipinski definition) is 2. The zero-order valence-corrected chi connectivity index (χ0v) is 21.7. The molecular weight excluding hydrogens is 484 g/mol. The van der Waals surface area contributed by atoms with Crippen LogP contribution in [0.3, 0.4) is 0 Å². The maximum Gasteiger partial charge on any atom is 0.284 e. The molecule has 0 aliphatic carbocycles. The standard InChI is InChI=1S/C26H32N10O2/c1-3-4-5-10-34-22-12-21(30-23(22)24(38)36-17(2)31-32-26(34)36)18-13-28-35(14-18)20-15-33(16-20)25-27-9-8-19(29-25)7-6-11-37/h8-9,12-14,20,30,37H,3-7,10-11,15-16H2,1-2H3. The van der Waals surface area contributed by atoms with Crippen LogP contribution in [0.4, 0.5) is 5.95 Å². The fourth-order valence-corrected chi connectivity index (χ4v) is 5.10. The summed E-state index contributed by atoms with van der Waals surface area (Å²) < 4.78 is 5.65. The van der Waals surface area contributed by atoms with Gasteiger partial charge in [0.05, 0.1) is 23.4 Å². The Morgan fingerprint density at radius 1 is 1.18 bits per heavy atom. The second-order valence-electron chi connectivity index (χ2n) is 9.93. The van der Waals surface area contributed by atoms with Gasteiger partial charge < -0.3 is 19.6 Å². The predicted octanol–water partition coefficient (Wildman–Crippen LogP) is 2.51. The van der Waals surface area contributed by atoms with Crippen molar-refractivity contribution in [3.8, 4) is 11.3 Å². The fourth-order valence-electron chi connectivity index (χ4n) is 5.10. The maximum atomic E-state index is 13.3.